The van der Waals surface area contributed by atoms with Gasteiger partial charge in [0, 0.05) is 5.56 Å². The largest absolute Gasteiger partial charge is 0.496 e. The average molecular weight is 233 g/mol. The fraction of sp³-hybridized carbons (Fsp3) is 0.286. The average Bonchev–Trinajstić information content (AvgIpc) is 2.36. The van der Waals surface area contributed by atoms with Gasteiger partial charge in [-0.25, -0.2) is 0 Å². The second-order valence-electron chi connectivity index (χ2n) is 3.54. The van der Waals surface area contributed by atoms with Crippen molar-refractivity contribution in [3.05, 3.63) is 42.0 Å². The molecular weight excluding hydrogens is 214 g/mol. The zero-order valence-corrected chi connectivity index (χ0v) is 10.4. The van der Waals surface area contributed by atoms with E-state index in [2.05, 4.69) is 6.58 Å². The smallest absolute Gasteiger partial charge is 0.126 e. The van der Waals surface area contributed by atoms with Crippen LogP contribution in [-0.2, 0) is 6.42 Å². The van der Waals surface area contributed by atoms with Gasteiger partial charge in [0.2, 0.25) is 0 Å². The Hall–Kier alpha value is -1.74. The number of ether oxygens (including phenoxy) is 2. The van der Waals surface area contributed by atoms with Gasteiger partial charge in [-0.15, -0.1) is 0 Å². The van der Waals surface area contributed by atoms with Crippen molar-refractivity contribution >= 4 is 6.08 Å². The van der Waals surface area contributed by atoms with Crippen LogP contribution >= 0.6 is 0 Å². The standard InChI is InChI=1S/C14H19NO2/c1-4-5-6-11-9-14(17-3)12(7-8-15)10-13(11)16-2/h4-6,9-10H,1,7-8,15H2,2-3H3. The summed E-state index contributed by atoms with van der Waals surface area (Å²) in [4.78, 5) is 0. The van der Waals surface area contributed by atoms with Gasteiger partial charge in [-0.3, -0.25) is 0 Å². The Kier molecular flexibility index (Phi) is 5.30. The highest BCUT2D eigenvalue weighted by molar-refractivity contribution is 5.62. The lowest BCUT2D eigenvalue weighted by Gasteiger charge is -2.12. The molecule has 17 heavy (non-hydrogen) atoms. The van der Waals surface area contributed by atoms with E-state index in [1.54, 1.807) is 20.3 Å². The van der Waals surface area contributed by atoms with E-state index in [1.165, 1.54) is 0 Å². The molecule has 0 spiro atoms. The normalized spacial score (nSPS) is 10.5. The zero-order valence-electron chi connectivity index (χ0n) is 10.4. The van der Waals surface area contributed by atoms with E-state index < -0.39 is 0 Å². The van der Waals surface area contributed by atoms with Gasteiger partial charge < -0.3 is 15.2 Å². The summed E-state index contributed by atoms with van der Waals surface area (Å²) >= 11 is 0. The van der Waals surface area contributed by atoms with Gasteiger partial charge in [0.15, 0.2) is 0 Å². The third-order valence-electron chi connectivity index (χ3n) is 2.46. The molecule has 2 N–H and O–H groups in total. The van der Waals surface area contributed by atoms with Crippen molar-refractivity contribution in [2.45, 2.75) is 6.42 Å². The number of rotatable bonds is 6. The Labute approximate surface area is 103 Å². The summed E-state index contributed by atoms with van der Waals surface area (Å²) in [6.45, 7) is 4.23. The lowest BCUT2D eigenvalue weighted by molar-refractivity contribution is 0.398. The van der Waals surface area contributed by atoms with Crippen LogP contribution in [0.5, 0.6) is 11.5 Å². The fourth-order valence-corrected chi connectivity index (χ4v) is 1.64. The minimum Gasteiger partial charge on any atom is -0.496 e. The first-order chi connectivity index (χ1) is 8.26. The summed E-state index contributed by atoms with van der Waals surface area (Å²) < 4.78 is 10.7. The lowest BCUT2D eigenvalue weighted by atomic mass is 10.1. The summed E-state index contributed by atoms with van der Waals surface area (Å²) in [7, 11) is 3.31. The summed E-state index contributed by atoms with van der Waals surface area (Å²) in [6.07, 6.45) is 6.28. The molecule has 0 amide bonds. The predicted octanol–water partition coefficient (Wildman–Crippen LogP) is 2.40. The van der Waals surface area contributed by atoms with E-state index in [1.807, 2.05) is 24.3 Å². The van der Waals surface area contributed by atoms with Gasteiger partial charge in [0.1, 0.15) is 11.5 Å². The van der Waals surface area contributed by atoms with Crippen LogP contribution in [-0.4, -0.2) is 20.8 Å². The second-order valence-corrected chi connectivity index (χ2v) is 3.54. The number of nitrogens with two attached hydrogens (primary N) is 1. The minimum atomic E-state index is 0.585. The van der Waals surface area contributed by atoms with Crippen LogP contribution in [0.15, 0.2) is 30.9 Å². The van der Waals surface area contributed by atoms with Crippen molar-refractivity contribution in [3.8, 4) is 11.5 Å². The van der Waals surface area contributed by atoms with E-state index in [-0.39, 0.29) is 0 Å². The van der Waals surface area contributed by atoms with Crippen LogP contribution in [0.2, 0.25) is 0 Å². The highest BCUT2D eigenvalue weighted by Gasteiger charge is 2.08. The van der Waals surface area contributed by atoms with E-state index in [9.17, 15) is 0 Å². The first-order valence-electron chi connectivity index (χ1n) is 5.50. The van der Waals surface area contributed by atoms with Gasteiger partial charge in [0.25, 0.3) is 0 Å². The Balaban J connectivity index is 3.21. The number of allylic oxidation sites excluding steroid dienone is 2. The third-order valence-corrected chi connectivity index (χ3v) is 2.46. The third kappa shape index (κ3) is 3.36. The molecule has 92 valence electrons. The molecule has 1 aromatic carbocycles. The molecule has 0 aliphatic heterocycles. The quantitative estimate of drug-likeness (QED) is 0.767. The molecule has 0 aliphatic rings. The molecule has 0 fully saturated rings. The Morgan fingerprint density at radius 2 is 1.94 bits per heavy atom. The summed E-state index contributed by atoms with van der Waals surface area (Å²) in [5.41, 5.74) is 7.59. The Bertz CT molecular complexity index is 411. The van der Waals surface area contributed by atoms with Crippen molar-refractivity contribution in [1.82, 2.24) is 0 Å². The first-order valence-corrected chi connectivity index (χ1v) is 5.50. The molecule has 0 saturated carbocycles. The van der Waals surface area contributed by atoms with Gasteiger partial charge in [-0.05, 0) is 30.7 Å². The SMILES string of the molecule is C=CC=Cc1cc(OC)c(CCN)cc1OC. The second kappa shape index (κ2) is 6.76. The van der Waals surface area contributed by atoms with Crippen LogP contribution < -0.4 is 15.2 Å². The molecule has 1 aromatic rings. The highest BCUT2D eigenvalue weighted by Crippen LogP contribution is 2.30. The van der Waals surface area contributed by atoms with Gasteiger partial charge >= 0.3 is 0 Å². The number of benzene rings is 1. The molecule has 1 rings (SSSR count). The van der Waals surface area contributed by atoms with E-state index >= 15 is 0 Å². The molecule has 0 heterocycles. The highest BCUT2D eigenvalue weighted by atomic mass is 16.5. The van der Waals surface area contributed by atoms with Crippen LogP contribution in [0.1, 0.15) is 11.1 Å². The maximum atomic E-state index is 5.57. The van der Waals surface area contributed by atoms with Crippen molar-refractivity contribution < 1.29 is 9.47 Å². The first kappa shape index (κ1) is 13.3. The summed E-state index contributed by atoms with van der Waals surface area (Å²) in [5.74, 6) is 1.65. The maximum absolute atomic E-state index is 5.57. The van der Waals surface area contributed by atoms with Crippen molar-refractivity contribution in [1.29, 1.82) is 0 Å². The van der Waals surface area contributed by atoms with E-state index in [4.69, 9.17) is 15.2 Å². The number of hydrogen-bond acceptors (Lipinski definition) is 3. The molecule has 0 aliphatic carbocycles. The summed E-state index contributed by atoms with van der Waals surface area (Å²) in [6, 6.07) is 3.91. The summed E-state index contributed by atoms with van der Waals surface area (Å²) in [5, 5.41) is 0. The molecule has 0 atom stereocenters. The minimum absolute atomic E-state index is 0.585. The molecule has 3 nitrogen and oxygen atoms in total. The molecule has 0 bridgehead atoms. The van der Waals surface area contributed by atoms with Crippen LogP contribution in [0.4, 0.5) is 0 Å². The van der Waals surface area contributed by atoms with Crippen LogP contribution in [0.25, 0.3) is 6.08 Å². The van der Waals surface area contributed by atoms with E-state index in [0.29, 0.717) is 6.54 Å². The molecule has 3 heteroatoms. The van der Waals surface area contributed by atoms with E-state index in [0.717, 1.165) is 29.0 Å². The Morgan fingerprint density at radius 3 is 2.47 bits per heavy atom. The van der Waals surface area contributed by atoms with Gasteiger partial charge in [-0.2, -0.15) is 0 Å². The molecule has 0 saturated heterocycles. The maximum Gasteiger partial charge on any atom is 0.126 e. The van der Waals surface area contributed by atoms with Crippen LogP contribution in [0, 0.1) is 0 Å². The predicted molar refractivity (Wildman–Crippen MR) is 71.5 cm³/mol. The number of methoxy groups -OCH3 is 2. The van der Waals surface area contributed by atoms with Crippen molar-refractivity contribution in [2.75, 3.05) is 20.8 Å². The number of hydrogen-bond donors (Lipinski definition) is 1. The monoisotopic (exact) mass is 233 g/mol. The molecule has 0 radical (unpaired) electrons. The molecule has 0 unspecified atom stereocenters. The topological polar surface area (TPSA) is 44.5 Å². The van der Waals surface area contributed by atoms with Crippen LogP contribution in [0.3, 0.4) is 0 Å². The molecular formula is C14H19NO2. The lowest BCUT2D eigenvalue weighted by Crippen LogP contribution is -2.05. The fourth-order valence-electron chi connectivity index (χ4n) is 1.64. The Morgan fingerprint density at radius 1 is 1.24 bits per heavy atom. The van der Waals surface area contributed by atoms with Gasteiger partial charge in [0.05, 0.1) is 14.2 Å². The van der Waals surface area contributed by atoms with Gasteiger partial charge in [-0.1, -0.05) is 24.8 Å². The zero-order chi connectivity index (χ0) is 12.7. The van der Waals surface area contributed by atoms with Crippen molar-refractivity contribution in [2.24, 2.45) is 5.73 Å². The molecule has 0 aromatic heterocycles. The van der Waals surface area contributed by atoms with Crippen molar-refractivity contribution in [3.63, 3.8) is 0 Å².